The summed E-state index contributed by atoms with van der Waals surface area (Å²) in [5.74, 6) is 1.04. The number of hydrogen-bond acceptors (Lipinski definition) is 3. The summed E-state index contributed by atoms with van der Waals surface area (Å²) in [5, 5.41) is 0.869. The van der Waals surface area contributed by atoms with Gasteiger partial charge in [-0.1, -0.05) is 25.1 Å². The Morgan fingerprint density at radius 3 is 2.64 bits per heavy atom. The fourth-order valence-corrected chi connectivity index (χ4v) is 2.70. The molecule has 2 nitrogen and oxygen atoms in total. The molecule has 0 aromatic carbocycles. The fourth-order valence-electron chi connectivity index (χ4n) is 1.47. The molecule has 1 aliphatic heterocycles. The Balaban J connectivity index is 2.61. The number of ether oxygens (including phenoxy) is 1. The Labute approximate surface area is 91.5 Å². The van der Waals surface area contributed by atoms with Crippen molar-refractivity contribution in [2.24, 2.45) is 4.99 Å². The first-order chi connectivity index (χ1) is 6.35. The minimum Gasteiger partial charge on any atom is -0.466 e. The zero-order valence-electron chi connectivity index (χ0n) is 9.89. The maximum atomic E-state index is 5.88. The zero-order chi connectivity index (χ0) is 10.8. The van der Waals surface area contributed by atoms with Crippen LogP contribution < -0.4 is 0 Å². The van der Waals surface area contributed by atoms with E-state index in [1.54, 1.807) is 11.8 Å². The fraction of sp³-hybridized carbons (Fsp3) is 0.909. The quantitative estimate of drug-likeness (QED) is 0.703. The highest BCUT2D eigenvalue weighted by Crippen LogP contribution is 2.33. The first-order valence-electron chi connectivity index (χ1n) is 5.26. The second kappa shape index (κ2) is 4.13. The molecule has 14 heavy (non-hydrogen) atoms. The van der Waals surface area contributed by atoms with Crippen LogP contribution in [-0.2, 0) is 4.74 Å². The minimum absolute atomic E-state index is 0.0174. The van der Waals surface area contributed by atoms with E-state index in [1.165, 1.54) is 6.42 Å². The molecule has 1 fully saturated rings. The van der Waals surface area contributed by atoms with E-state index >= 15 is 0 Å². The van der Waals surface area contributed by atoms with Crippen molar-refractivity contribution in [3.05, 3.63) is 0 Å². The van der Waals surface area contributed by atoms with Crippen LogP contribution in [0.4, 0.5) is 0 Å². The maximum Gasteiger partial charge on any atom is 0.247 e. The molecule has 0 aromatic heterocycles. The Morgan fingerprint density at radius 2 is 2.14 bits per heavy atom. The van der Waals surface area contributed by atoms with Crippen molar-refractivity contribution >= 4 is 17.0 Å². The van der Waals surface area contributed by atoms with Crippen LogP contribution in [0.2, 0.25) is 0 Å². The van der Waals surface area contributed by atoms with Crippen LogP contribution in [-0.4, -0.2) is 22.1 Å². The zero-order valence-corrected chi connectivity index (χ0v) is 10.7. The Bertz CT molecular complexity index is 232. The largest absolute Gasteiger partial charge is 0.466 e. The van der Waals surface area contributed by atoms with Gasteiger partial charge in [-0.2, -0.15) is 0 Å². The number of thioether (sulfide) groups is 1. The SMILES string of the molecule is CCCC1(C)CSC(=NC(C)(C)C)O1. The first kappa shape index (κ1) is 11.9. The second-order valence-corrected chi connectivity index (χ2v) is 6.07. The predicted molar refractivity (Wildman–Crippen MR) is 64.0 cm³/mol. The molecule has 0 N–H and O–H groups in total. The average molecular weight is 215 g/mol. The van der Waals surface area contributed by atoms with Crippen LogP contribution in [0.25, 0.3) is 0 Å². The highest BCUT2D eigenvalue weighted by molar-refractivity contribution is 8.13. The predicted octanol–water partition coefficient (Wildman–Crippen LogP) is 3.46. The van der Waals surface area contributed by atoms with Crippen LogP contribution >= 0.6 is 11.8 Å². The molecule has 0 amide bonds. The van der Waals surface area contributed by atoms with Gasteiger partial charge in [0.1, 0.15) is 5.60 Å². The van der Waals surface area contributed by atoms with E-state index in [2.05, 4.69) is 39.6 Å². The normalized spacial score (nSPS) is 30.8. The van der Waals surface area contributed by atoms with Gasteiger partial charge >= 0.3 is 0 Å². The molecule has 1 rings (SSSR count). The van der Waals surface area contributed by atoms with E-state index in [0.29, 0.717) is 0 Å². The van der Waals surface area contributed by atoms with E-state index in [1.807, 2.05) is 0 Å². The summed E-state index contributed by atoms with van der Waals surface area (Å²) in [7, 11) is 0. The molecule has 0 radical (unpaired) electrons. The van der Waals surface area contributed by atoms with Gasteiger partial charge in [0.05, 0.1) is 5.54 Å². The van der Waals surface area contributed by atoms with Gasteiger partial charge in [0.2, 0.25) is 5.23 Å². The van der Waals surface area contributed by atoms with Gasteiger partial charge in [0, 0.05) is 5.75 Å². The molecule has 1 saturated heterocycles. The van der Waals surface area contributed by atoms with Gasteiger partial charge in [0.25, 0.3) is 0 Å². The number of aliphatic imine (C=N–C) groups is 1. The standard InChI is InChI=1S/C11H21NOS/c1-6-7-11(5)8-14-9(13-11)12-10(2,3)4/h6-8H2,1-5H3. The second-order valence-electron chi connectivity index (χ2n) is 5.14. The van der Waals surface area contributed by atoms with Crippen molar-refractivity contribution < 1.29 is 4.74 Å². The molecule has 1 unspecified atom stereocenters. The van der Waals surface area contributed by atoms with Crippen molar-refractivity contribution in [2.75, 3.05) is 5.75 Å². The van der Waals surface area contributed by atoms with E-state index in [-0.39, 0.29) is 11.1 Å². The summed E-state index contributed by atoms with van der Waals surface area (Å²) in [6.07, 6.45) is 2.28. The van der Waals surface area contributed by atoms with Crippen LogP contribution in [0.1, 0.15) is 47.5 Å². The van der Waals surface area contributed by atoms with Crippen LogP contribution in [0.5, 0.6) is 0 Å². The van der Waals surface area contributed by atoms with Crippen molar-refractivity contribution in [1.82, 2.24) is 0 Å². The van der Waals surface area contributed by atoms with Gasteiger partial charge in [-0.05, 0) is 34.1 Å². The Hall–Kier alpha value is -0.180. The van der Waals surface area contributed by atoms with Gasteiger partial charge < -0.3 is 4.74 Å². The summed E-state index contributed by atoms with van der Waals surface area (Å²) in [6, 6.07) is 0. The summed E-state index contributed by atoms with van der Waals surface area (Å²) in [4.78, 5) is 4.54. The summed E-state index contributed by atoms with van der Waals surface area (Å²) >= 11 is 1.74. The number of hydrogen-bond donors (Lipinski definition) is 0. The molecule has 0 spiro atoms. The lowest BCUT2D eigenvalue weighted by Crippen LogP contribution is -2.27. The number of rotatable bonds is 2. The Morgan fingerprint density at radius 1 is 1.50 bits per heavy atom. The van der Waals surface area contributed by atoms with Crippen molar-refractivity contribution in [1.29, 1.82) is 0 Å². The molecule has 0 bridgehead atoms. The third kappa shape index (κ3) is 3.52. The molecule has 1 atom stereocenters. The van der Waals surface area contributed by atoms with Gasteiger partial charge in [0.15, 0.2) is 0 Å². The minimum atomic E-state index is -0.0280. The van der Waals surface area contributed by atoms with Crippen LogP contribution in [0.15, 0.2) is 4.99 Å². The van der Waals surface area contributed by atoms with Crippen LogP contribution in [0.3, 0.4) is 0 Å². The molecular weight excluding hydrogens is 194 g/mol. The van der Waals surface area contributed by atoms with Gasteiger partial charge in [-0.25, -0.2) is 4.99 Å². The molecule has 82 valence electrons. The summed E-state index contributed by atoms with van der Waals surface area (Å²) in [5.41, 5.74) is -0.0106. The van der Waals surface area contributed by atoms with E-state index in [9.17, 15) is 0 Å². The van der Waals surface area contributed by atoms with E-state index < -0.39 is 0 Å². The lowest BCUT2D eigenvalue weighted by atomic mass is 10.0. The monoisotopic (exact) mass is 215 g/mol. The van der Waals surface area contributed by atoms with Gasteiger partial charge in [-0.3, -0.25) is 0 Å². The van der Waals surface area contributed by atoms with E-state index in [4.69, 9.17) is 4.74 Å². The highest BCUT2D eigenvalue weighted by atomic mass is 32.2. The molecule has 1 heterocycles. The van der Waals surface area contributed by atoms with Gasteiger partial charge in [-0.15, -0.1) is 0 Å². The molecule has 3 heteroatoms. The van der Waals surface area contributed by atoms with Crippen LogP contribution in [0, 0.1) is 0 Å². The van der Waals surface area contributed by atoms with Crippen molar-refractivity contribution in [2.45, 2.75) is 58.6 Å². The van der Waals surface area contributed by atoms with Crippen molar-refractivity contribution in [3.63, 3.8) is 0 Å². The molecular formula is C11H21NOS. The third-order valence-electron chi connectivity index (χ3n) is 2.04. The molecule has 0 saturated carbocycles. The average Bonchev–Trinajstić information content (AvgIpc) is 2.29. The number of nitrogens with zero attached hydrogens (tertiary/aromatic N) is 1. The lowest BCUT2D eigenvalue weighted by molar-refractivity contribution is 0.103. The highest BCUT2D eigenvalue weighted by Gasteiger charge is 2.34. The Kier molecular flexibility index (Phi) is 3.51. The smallest absolute Gasteiger partial charge is 0.247 e. The topological polar surface area (TPSA) is 21.6 Å². The lowest BCUT2D eigenvalue weighted by Gasteiger charge is -2.22. The molecule has 0 aliphatic carbocycles. The summed E-state index contributed by atoms with van der Waals surface area (Å²) < 4.78 is 5.88. The summed E-state index contributed by atoms with van der Waals surface area (Å²) in [6.45, 7) is 10.7. The third-order valence-corrected chi connectivity index (χ3v) is 3.22. The van der Waals surface area contributed by atoms with E-state index in [0.717, 1.165) is 17.4 Å². The molecule has 1 aliphatic rings. The maximum absolute atomic E-state index is 5.88. The molecule has 0 aromatic rings. The van der Waals surface area contributed by atoms with Crippen molar-refractivity contribution in [3.8, 4) is 0 Å². The first-order valence-corrected chi connectivity index (χ1v) is 6.25.